The average Bonchev–Trinajstić information content (AvgIpc) is 1.38. The van der Waals surface area contributed by atoms with E-state index in [4.69, 9.17) is 0 Å². The maximum atomic E-state index is 9.85. The second kappa shape index (κ2) is 3.15. The molecule has 0 aromatic rings. The predicted octanol–water partition coefficient (Wildman–Crippen LogP) is 0.968. The summed E-state index contributed by atoms with van der Waals surface area (Å²) in [6.07, 6.45) is 1.63. The first-order valence-corrected chi connectivity index (χ1v) is 4.89. The molecule has 0 aromatic carbocycles. The number of halogens is 1. The quantitative estimate of drug-likeness (QED) is 0.247. The van der Waals surface area contributed by atoms with Gasteiger partial charge in [-0.05, 0) is 0 Å². The first kappa shape index (κ1) is 5.94. The standard InChI is InChI=1S/CH3BIOS/c1-2-5(3)4/h1H3/q-1. The molecule has 30 valence electrons. The molecule has 0 saturated carbocycles. The molecule has 1 nitrogen and oxygen atoms in total. The summed E-state index contributed by atoms with van der Waals surface area (Å²) in [4.78, 5) is 0. The molecule has 0 unspecified atom stereocenters. The van der Waals surface area contributed by atoms with Gasteiger partial charge in [-0.25, -0.2) is 0 Å². The van der Waals surface area contributed by atoms with Crippen molar-refractivity contribution in [3.8, 4) is 0 Å². The van der Waals surface area contributed by atoms with Crippen molar-refractivity contribution < 1.29 is 4.21 Å². The van der Waals surface area contributed by atoms with Gasteiger partial charge in [-0.1, -0.05) is 0 Å². The van der Waals surface area contributed by atoms with E-state index in [0.29, 0.717) is 0 Å². The van der Waals surface area contributed by atoms with Crippen LogP contribution in [0.25, 0.3) is 0 Å². The topological polar surface area (TPSA) is 17.1 Å². The molecule has 0 N–H and O–H groups in total. The van der Waals surface area contributed by atoms with Crippen LogP contribution in [0.4, 0.5) is 0 Å². The molecule has 0 fully saturated rings. The Bertz CT molecular complexity index is 83.6. The van der Waals surface area contributed by atoms with E-state index in [9.17, 15) is 4.21 Å². The molecule has 5 heavy (non-hydrogen) atoms. The Morgan fingerprint density at radius 2 is 2.20 bits per heavy atom. The fourth-order valence-electron chi connectivity index (χ4n) is 0. The Labute approximate surface area is 45.9 Å². The van der Waals surface area contributed by atoms with Gasteiger partial charge in [0, 0.05) is 0 Å². The van der Waals surface area contributed by atoms with Gasteiger partial charge in [-0.2, -0.15) is 0 Å². The van der Waals surface area contributed by atoms with E-state index in [1.807, 2.05) is 21.2 Å². The van der Waals surface area contributed by atoms with Crippen molar-refractivity contribution in [2.75, 3.05) is 0 Å². The molecule has 0 heterocycles. The van der Waals surface area contributed by atoms with Crippen LogP contribution >= 0.6 is 21.2 Å². The SMILES string of the molecule is CB=[S-](=O)I. The van der Waals surface area contributed by atoms with Gasteiger partial charge in [0.25, 0.3) is 0 Å². The number of hydrogen-bond acceptors (Lipinski definition) is 2. The molecule has 0 aliphatic rings. The summed E-state index contributed by atoms with van der Waals surface area (Å²) in [6.45, 7) is 1.77. The molecule has 0 atom stereocenters. The number of hydrogen-bond donors (Lipinski definition) is 0. The van der Waals surface area contributed by atoms with E-state index in [-0.39, 0.29) is 0 Å². The van der Waals surface area contributed by atoms with Crippen LogP contribution in [0.5, 0.6) is 0 Å². The third-order valence-electron chi connectivity index (χ3n) is 0.185. The molecule has 0 amide bonds. The third-order valence-corrected chi connectivity index (χ3v) is 2.08. The van der Waals surface area contributed by atoms with Crippen molar-refractivity contribution in [2.45, 2.75) is 6.82 Å². The van der Waals surface area contributed by atoms with Crippen molar-refractivity contribution in [1.82, 2.24) is 0 Å². The van der Waals surface area contributed by atoms with Gasteiger partial charge < -0.3 is 0 Å². The van der Waals surface area contributed by atoms with Crippen LogP contribution < -0.4 is 0 Å². The van der Waals surface area contributed by atoms with Crippen molar-refractivity contribution in [3.05, 3.63) is 0 Å². The van der Waals surface area contributed by atoms with E-state index >= 15 is 0 Å². The van der Waals surface area contributed by atoms with Crippen LogP contribution in [0.15, 0.2) is 0 Å². The van der Waals surface area contributed by atoms with Gasteiger partial charge in [0.2, 0.25) is 0 Å². The van der Waals surface area contributed by atoms with E-state index in [1.54, 1.807) is 13.0 Å². The predicted molar refractivity (Wildman–Crippen MR) is 33.7 cm³/mol. The van der Waals surface area contributed by atoms with E-state index < -0.39 is 7.40 Å². The summed E-state index contributed by atoms with van der Waals surface area (Å²) in [5.41, 5.74) is 0. The van der Waals surface area contributed by atoms with Crippen LogP contribution in [0, 0.1) is 0 Å². The van der Waals surface area contributed by atoms with Crippen LogP contribution in [0.1, 0.15) is 0 Å². The third kappa shape index (κ3) is 4.94. The van der Waals surface area contributed by atoms with Crippen molar-refractivity contribution >= 4 is 34.8 Å². The monoisotopic (exact) mass is 201 g/mol. The zero-order chi connectivity index (χ0) is 4.28. The molecule has 0 rings (SSSR count). The van der Waals surface area contributed by atoms with E-state index in [2.05, 4.69) is 0 Å². The second-order valence-corrected chi connectivity index (χ2v) is 4.06. The molecular weight excluding hydrogens is 198 g/mol. The summed E-state index contributed by atoms with van der Waals surface area (Å²) in [5, 5.41) is 0. The zero-order valence-corrected chi connectivity index (χ0v) is 5.75. The molecule has 0 saturated heterocycles. The molecule has 0 radical (unpaired) electrons. The normalized spacial score (nSPS) is 14.0. The molecular formula is CH3BIOS-. The molecule has 0 aliphatic heterocycles. The van der Waals surface area contributed by atoms with Crippen molar-refractivity contribution in [1.29, 1.82) is 0 Å². The zero-order valence-electron chi connectivity index (χ0n) is 2.77. The Kier molecular flexibility index (Phi) is 3.74. The first-order chi connectivity index (χ1) is 2.27. The van der Waals surface area contributed by atoms with Crippen LogP contribution in [-0.2, 0) is 11.6 Å². The summed E-state index contributed by atoms with van der Waals surface area (Å²) >= 11 is 1.82. The summed E-state index contributed by atoms with van der Waals surface area (Å²) in [6, 6.07) is 0. The van der Waals surface area contributed by atoms with Gasteiger partial charge in [0.15, 0.2) is 0 Å². The van der Waals surface area contributed by atoms with Gasteiger partial charge in [0.1, 0.15) is 0 Å². The molecule has 0 bridgehead atoms. The Balaban J connectivity index is 3.62. The van der Waals surface area contributed by atoms with Crippen LogP contribution in [-0.4, -0.2) is 6.15 Å². The Morgan fingerprint density at radius 3 is 2.20 bits per heavy atom. The molecule has 4 heteroatoms. The summed E-state index contributed by atoms with van der Waals surface area (Å²) in [5.74, 6) is 0. The summed E-state index contributed by atoms with van der Waals surface area (Å²) < 4.78 is 9.85. The molecule has 0 spiro atoms. The van der Waals surface area contributed by atoms with Gasteiger partial charge in [0.05, 0.1) is 0 Å². The Morgan fingerprint density at radius 1 is 2.00 bits per heavy atom. The van der Waals surface area contributed by atoms with Crippen molar-refractivity contribution in [3.63, 3.8) is 0 Å². The Hall–Kier alpha value is 0.945. The van der Waals surface area contributed by atoms with Gasteiger partial charge in [-0.15, -0.1) is 0 Å². The van der Waals surface area contributed by atoms with Crippen LogP contribution in [0.2, 0.25) is 6.82 Å². The summed E-state index contributed by atoms with van der Waals surface area (Å²) in [7, 11) is -0.728. The fourth-order valence-corrected chi connectivity index (χ4v) is 0. The minimum atomic E-state index is -0.728. The average molecular weight is 201 g/mol. The van der Waals surface area contributed by atoms with Crippen LogP contribution in [0.3, 0.4) is 0 Å². The second-order valence-electron chi connectivity index (χ2n) is 0.484. The molecule has 0 aliphatic carbocycles. The fraction of sp³-hybridized carbons (Fsp3) is 1.00. The van der Waals surface area contributed by atoms with Gasteiger partial charge >= 0.3 is 45.8 Å². The van der Waals surface area contributed by atoms with E-state index in [1.165, 1.54) is 0 Å². The molecule has 0 aromatic heterocycles. The first-order valence-electron chi connectivity index (χ1n) is 1.13. The van der Waals surface area contributed by atoms with E-state index in [0.717, 1.165) is 0 Å². The van der Waals surface area contributed by atoms with Crippen molar-refractivity contribution in [2.24, 2.45) is 0 Å². The number of rotatable bonds is 0. The minimum absolute atomic E-state index is 0.728. The maximum absolute atomic E-state index is 9.85. The van der Waals surface area contributed by atoms with Gasteiger partial charge in [-0.3, -0.25) is 0 Å².